The zero-order valence-corrected chi connectivity index (χ0v) is 19.8. The molecule has 2 aliphatic rings. The second kappa shape index (κ2) is 10.5. The van der Waals surface area contributed by atoms with Crippen molar-refractivity contribution < 1.29 is 14.3 Å². The van der Waals surface area contributed by atoms with Gasteiger partial charge in [0.15, 0.2) is 0 Å². The van der Waals surface area contributed by atoms with E-state index in [0.29, 0.717) is 31.7 Å². The van der Waals surface area contributed by atoms with Crippen LogP contribution in [0.3, 0.4) is 0 Å². The van der Waals surface area contributed by atoms with Crippen molar-refractivity contribution >= 4 is 23.4 Å². The lowest BCUT2D eigenvalue weighted by molar-refractivity contribution is -0.137. The first kappa shape index (κ1) is 23.5. The molecule has 33 heavy (non-hydrogen) atoms. The smallest absolute Gasteiger partial charge is 0.257 e. The fraction of sp³-hybridized carbons (Fsp3) is 0.480. The van der Waals surface area contributed by atoms with Gasteiger partial charge in [0.05, 0.1) is 12.2 Å². The van der Waals surface area contributed by atoms with Gasteiger partial charge >= 0.3 is 0 Å². The van der Waals surface area contributed by atoms with Crippen LogP contribution in [-0.4, -0.2) is 84.4 Å². The Labute approximate surface area is 200 Å². The summed E-state index contributed by atoms with van der Waals surface area (Å²) in [6, 6.07) is 13.0. The molecule has 0 aliphatic carbocycles. The van der Waals surface area contributed by atoms with Crippen molar-refractivity contribution in [2.75, 3.05) is 52.9 Å². The van der Waals surface area contributed by atoms with Crippen LogP contribution in [0.1, 0.15) is 29.6 Å². The number of benzene rings is 1. The molecule has 0 bridgehead atoms. The van der Waals surface area contributed by atoms with E-state index >= 15 is 0 Å². The second-order valence-electron chi connectivity index (χ2n) is 9.13. The SMILES string of the molecule is CN1CCN(C(=O)C[C@]2(COc3ccccc3)CCCN(C(=O)c3cccnc3Cl)C2)CC1. The molecule has 1 aromatic carbocycles. The van der Waals surface area contributed by atoms with Crippen molar-refractivity contribution in [2.45, 2.75) is 19.3 Å². The fourth-order valence-corrected chi connectivity index (χ4v) is 4.85. The Kier molecular flexibility index (Phi) is 7.50. The number of hydrogen-bond acceptors (Lipinski definition) is 5. The lowest BCUT2D eigenvalue weighted by Gasteiger charge is -2.43. The topological polar surface area (TPSA) is 66.0 Å². The number of pyridine rings is 1. The number of ether oxygens (including phenoxy) is 1. The maximum absolute atomic E-state index is 13.3. The van der Waals surface area contributed by atoms with Crippen molar-refractivity contribution in [1.29, 1.82) is 0 Å². The summed E-state index contributed by atoms with van der Waals surface area (Å²) in [7, 11) is 2.07. The number of piperazine rings is 1. The minimum absolute atomic E-state index is 0.133. The largest absolute Gasteiger partial charge is 0.493 e. The molecule has 0 N–H and O–H groups in total. The van der Waals surface area contributed by atoms with E-state index in [1.807, 2.05) is 35.2 Å². The lowest BCUT2D eigenvalue weighted by Crippen LogP contribution is -2.53. The van der Waals surface area contributed by atoms with Gasteiger partial charge in [0, 0.05) is 57.3 Å². The van der Waals surface area contributed by atoms with E-state index in [1.165, 1.54) is 0 Å². The predicted molar refractivity (Wildman–Crippen MR) is 127 cm³/mol. The van der Waals surface area contributed by atoms with E-state index in [2.05, 4.69) is 16.9 Å². The van der Waals surface area contributed by atoms with E-state index in [4.69, 9.17) is 16.3 Å². The summed E-state index contributed by atoms with van der Waals surface area (Å²) < 4.78 is 6.16. The van der Waals surface area contributed by atoms with Gasteiger partial charge in [0.2, 0.25) is 5.91 Å². The van der Waals surface area contributed by atoms with Crippen LogP contribution in [0.2, 0.25) is 5.15 Å². The van der Waals surface area contributed by atoms with Crippen LogP contribution in [-0.2, 0) is 4.79 Å². The van der Waals surface area contributed by atoms with E-state index in [-0.39, 0.29) is 17.0 Å². The van der Waals surface area contributed by atoms with E-state index in [0.717, 1.165) is 44.8 Å². The number of hydrogen-bond donors (Lipinski definition) is 0. The number of carbonyl (C=O) groups is 2. The van der Waals surface area contributed by atoms with E-state index in [1.54, 1.807) is 23.2 Å². The summed E-state index contributed by atoms with van der Waals surface area (Å²) in [5.41, 5.74) is -0.0665. The molecule has 0 radical (unpaired) electrons. The van der Waals surface area contributed by atoms with Gasteiger partial charge in [-0.2, -0.15) is 0 Å². The minimum atomic E-state index is -0.459. The molecule has 4 rings (SSSR count). The molecule has 2 saturated heterocycles. The molecule has 2 aliphatic heterocycles. The third-order valence-corrected chi connectivity index (χ3v) is 6.91. The van der Waals surface area contributed by atoms with E-state index < -0.39 is 5.41 Å². The first-order chi connectivity index (χ1) is 16.0. The molecule has 176 valence electrons. The molecular formula is C25H31ClN4O3. The maximum Gasteiger partial charge on any atom is 0.257 e. The molecule has 7 nitrogen and oxygen atoms in total. The highest BCUT2D eigenvalue weighted by Crippen LogP contribution is 2.36. The van der Waals surface area contributed by atoms with Crippen LogP contribution >= 0.6 is 11.6 Å². The van der Waals surface area contributed by atoms with Crippen LogP contribution in [0, 0.1) is 5.41 Å². The van der Waals surface area contributed by atoms with Gasteiger partial charge < -0.3 is 19.4 Å². The average Bonchev–Trinajstić information content (AvgIpc) is 2.84. The van der Waals surface area contributed by atoms with Crippen LogP contribution in [0.25, 0.3) is 0 Å². The molecule has 1 aromatic heterocycles. The third kappa shape index (κ3) is 5.84. The Bertz CT molecular complexity index is 965. The van der Waals surface area contributed by atoms with Gasteiger partial charge in [0.25, 0.3) is 5.91 Å². The Balaban J connectivity index is 1.53. The van der Waals surface area contributed by atoms with Gasteiger partial charge in [0.1, 0.15) is 10.9 Å². The zero-order valence-electron chi connectivity index (χ0n) is 19.1. The van der Waals surface area contributed by atoms with Crippen molar-refractivity contribution in [3.05, 3.63) is 59.4 Å². The van der Waals surface area contributed by atoms with Crippen LogP contribution in [0.4, 0.5) is 0 Å². The Morgan fingerprint density at radius 3 is 2.52 bits per heavy atom. The molecule has 3 heterocycles. The van der Waals surface area contributed by atoms with Gasteiger partial charge in [-0.05, 0) is 44.2 Å². The van der Waals surface area contributed by atoms with Crippen LogP contribution in [0.5, 0.6) is 5.75 Å². The number of piperidine rings is 1. The number of amides is 2. The maximum atomic E-state index is 13.3. The Morgan fingerprint density at radius 2 is 1.79 bits per heavy atom. The highest BCUT2D eigenvalue weighted by molar-refractivity contribution is 6.32. The minimum Gasteiger partial charge on any atom is -0.493 e. The molecule has 2 aromatic rings. The number of likely N-dealkylation sites (N-methyl/N-ethyl adjacent to an activating group) is 1. The van der Waals surface area contributed by atoms with Crippen molar-refractivity contribution in [1.82, 2.24) is 19.7 Å². The van der Waals surface area contributed by atoms with Crippen LogP contribution in [0.15, 0.2) is 48.7 Å². The molecule has 2 fully saturated rings. The summed E-state index contributed by atoms with van der Waals surface area (Å²) in [4.78, 5) is 36.6. The summed E-state index contributed by atoms with van der Waals surface area (Å²) in [5, 5.41) is 0.202. The predicted octanol–water partition coefficient (Wildman–Crippen LogP) is 3.20. The molecule has 0 saturated carbocycles. The Hall–Kier alpha value is -2.64. The molecule has 1 atom stereocenters. The molecule has 2 amide bonds. The standard InChI is InChI=1S/C25H31ClN4O3/c1-28-13-15-29(16-14-28)22(31)17-25(19-33-20-7-3-2-4-8-20)10-6-12-30(18-25)24(32)21-9-5-11-27-23(21)26/h2-5,7-9,11H,6,10,12-19H2,1H3/t25-/m1/s1. The number of aromatic nitrogens is 1. The quantitative estimate of drug-likeness (QED) is 0.606. The van der Waals surface area contributed by atoms with Crippen molar-refractivity contribution in [2.24, 2.45) is 5.41 Å². The normalized spacial score (nSPS) is 21.6. The van der Waals surface area contributed by atoms with Gasteiger partial charge in [-0.1, -0.05) is 29.8 Å². The van der Waals surface area contributed by atoms with Crippen molar-refractivity contribution in [3.8, 4) is 5.75 Å². The molecular weight excluding hydrogens is 440 g/mol. The van der Waals surface area contributed by atoms with Gasteiger partial charge in [-0.3, -0.25) is 9.59 Å². The number of nitrogens with zero attached hydrogens (tertiary/aromatic N) is 4. The first-order valence-corrected chi connectivity index (χ1v) is 11.9. The molecule has 0 unspecified atom stereocenters. The second-order valence-corrected chi connectivity index (χ2v) is 9.49. The van der Waals surface area contributed by atoms with Gasteiger partial charge in [-0.25, -0.2) is 4.98 Å². The number of carbonyl (C=O) groups excluding carboxylic acids is 2. The number of likely N-dealkylation sites (tertiary alicyclic amines) is 1. The number of rotatable bonds is 6. The zero-order chi connectivity index (χ0) is 23.3. The highest BCUT2D eigenvalue weighted by Gasteiger charge is 2.41. The monoisotopic (exact) mass is 470 g/mol. The lowest BCUT2D eigenvalue weighted by atomic mass is 9.77. The number of para-hydroxylation sites is 1. The van der Waals surface area contributed by atoms with Gasteiger partial charge in [-0.15, -0.1) is 0 Å². The van der Waals surface area contributed by atoms with E-state index in [9.17, 15) is 9.59 Å². The summed E-state index contributed by atoms with van der Waals surface area (Å²) >= 11 is 6.20. The molecule has 8 heteroatoms. The van der Waals surface area contributed by atoms with Crippen LogP contribution < -0.4 is 4.74 Å². The fourth-order valence-electron chi connectivity index (χ4n) is 4.65. The third-order valence-electron chi connectivity index (χ3n) is 6.61. The average molecular weight is 471 g/mol. The summed E-state index contributed by atoms with van der Waals surface area (Å²) in [6.45, 7) is 4.68. The summed E-state index contributed by atoms with van der Waals surface area (Å²) in [5.74, 6) is 0.750. The molecule has 0 spiro atoms. The highest BCUT2D eigenvalue weighted by atomic mass is 35.5. The van der Waals surface area contributed by atoms with Crippen molar-refractivity contribution in [3.63, 3.8) is 0 Å². The number of halogens is 1. The Morgan fingerprint density at radius 1 is 1.03 bits per heavy atom. The first-order valence-electron chi connectivity index (χ1n) is 11.5. The summed E-state index contributed by atoms with van der Waals surface area (Å²) in [6.07, 6.45) is 3.55.